The van der Waals surface area contributed by atoms with E-state index in [1.807, 2.05) is 6.07 Å². The highest BCUT2D eigenvalue weighted by molar-refractivity contribution is 9.10. The molecule has 1 aromatic carbocycles. The normalized spacial score (nSPS) is 22.3. The third-order valence-electron chi connectivity index (χ3n) is 2.71. The van der Waals surface area contributed by atoms with Crippen LogP contribution in [0.15, 0.2) is 22.7 Å². The zero-order chi connectivity index (χ0) is 9.97. The maximum atomic E-state index is 13.3. The first-order valence-electron chi connectivity index (χ1n) is 4.93. The maximum absolute atomic E-state index is 13.3. The highest BCUT2D eigenvalue weighted by Crippen LogP contribution is 2.26. The van der Waals surface area contributed by atoms with E-state index in [4.69, 9.17) is 0 Å². The Morgan fingerprint density at radius 3 is 2.93 bits per heavy atom. The SMILES string of the molecule is Fc1cc([C@@H]2CCCNC2)ccc1Br. The van der Waals surface area contributed by atoms with Crippen LogP contribution in [-0.2, 0) is 0 Å². The van der Waals surface area contributed by atoms with Crippen molar-refractivity contribution in [3.05, 3.63) is 34.1 Å². The Morgan fingerprint density at radius 1 is 1.43 bits per heavy atom. The minimum absolute atomic E-state index is 0.159. The van der Waals surface area contributed by atoms with Crippen LogP contribution >= 0.6 is 15.9 Å². The highest BCUT2D eigenvalue weighted by Gasteiger charge is 2.15. The summed E-state index contributed by atoms with van der Waals surface area (Å²) in [4.78, 5) is 0. The van der Waals surface area contributed by atoms with Gasteiger partial charge in [-0.25, -0.2) is 4.39 Å². The molecule has 0 amide bonds. The number of halogens is 2. The summed E-state index contributed by atoms with van der Waals surface area (Å²) in [6.07, 6.45) is 2.34. The van der Waals surface area contributed by atoms with Gasteiger partial charge in [0.1, 0.15) is 5.82 Å². The van der Waals surface area contributed by atoms with Gasteiger partial charge in [-0.2, -0.15) is 0 Å². The Hall–Kier alpha value is -0.410. The van der Waals surface area contributed by atoms with E-state index in [9.17, 15) is 4.39 Å². The summed E-state index contributed by atoms with van der Waals surface area (Å²) < 4.78 is 13.8. The third-order valence-corrected chi connectivity index (χ3v) is 3.36. The van der Waals surface area contributed by atoms with Gasteiger partial charge in [0, 0.05) is 6.54 Å². The van der Waals surface area contributed by atoms with Crippen molar-refractivity contribution in [3.8, 4) is 0 Å². The molecule has 3 heteroatoms. The van der Waals surface area contributed by atoms with Crippen LogP contribution in [-0.4, -0.2) is 13.1 Å². The number of benzene rings is 1. The zero-order valence-electron chi connectivity index (χ0n) is 7.89. The van der Waals surface area contributed by atoms with Gasteiger partial charge in [-0.15, -0.1) is 0 Å². The molecule has 0 radical (unpaired) electrons. The Balaban J connectivity index is 2.18. The molecule has 1 N–H and O–H groups in total. The molecule has 1 fully saturated rings. The summed E-state index contributed by atoms with van der Waals surface area (Å²) >= 11 is 3.16. The van der Waals surface area contributed by atoms with Crippen LogP contribution in [0.1, 0.15) is 24.3 Å². The van der Waals surface area contributed by atoms with Crippen molar-refractivity contribution in [1.29, 1.82) is 0 Å². The Morgan fingerprint density at radius 2 is 2.29 bits per heavy atom. The summed E-state index contributed by atoms with van der Waals surface area (Å²) in [7, 11) is 0. The number of rotatable bonds is 1. The Bertz CT molecular complexity index is 321. The number of nitrogens with one attached hydrogen (secondary N) is 1. The lowest BCUT2D eigenvalue weighted by Gasteiger charge is -2.23. The first-order chi connectivity index (χ1) is 6.77. The van der Waals surface area contributed by atoms with E-state index >= 15 is 0 Å². The molecular weight excluding hydrogens is 245 g/mol. The van der Waals surface area contributed by atoms with Gasteiger partial charge in [-0.1, -0.05) is 6.07 Å². The van der Waals surface area contributed by atoms with E-state index < -0.39 is 0 Å². The summed E-state index contributed by atoms with van der Waals surface area (Å²) in [5.41, 5.74) is 1.11. The lowest BCUT2D eigenvalue weighted by molar-refractivity contribution is 0.459. The molecule has 14 heavy (non-hydrogen) atoms. The molecule has 0 bridgehead atoms. The van der Waals surface area contributed by atoms with Gasteiger partial charge in [0.15, 0.2) is 0 Å². The summed E-state index contributed by atoms with van der Waals surface area (Å²) in [6, 6.07) is 5.44. The van der Waals surface area contributed by atoms with E-state index in [1.165, 1.54) is 6.42 Å². The highest BCUT2D eigenvalue weighted by atomic mass is 79.9. The summed E-state index contributed by atoms with van der Waals surface area (Å²) in [6.45, 7) is 2.07. The first-order valence-corrected chi connectivity index (χ1v) is 5.72. The molecule has 2 rings (SSSR count). The second-order valence-corrected chi connectivity index (χ2v) is 4.57. The van der Waals surface area contributed by atoms with Gasteiger partial charge >= 0.3 is 0 Å². The summed E-state index contributed by atoms with van der Waals surface area (Å²) in [5, 5.41) is 3.33. The van der Waals surface area contributed by atoms with Crippen molar-refractivity contribution in [2.45, 2.75) is 18.8 Å². The molecule has 0 aromatic heterocycles. The lowest BCUT2D eigenvalue weighted by Crippen LogP contribution is -2.28. The molecule has 0 unspecified atom stereocenters. The predicted octanol–water partition coefficient (Wildman–Crippen LogP) is 3.06. The van der Waals surface area contributed by atoms with Crippen LogP contribution in [0.25, 0.3) is 0 Å². The quantitative estimate of drug-likeness (QED) is 0.816. The van der Waals surface area contributed by atoms with Crippen molar-refractivity contribution in [3.63, 3.8) is 0 Å². The van der Waals surface area contributed by atoms with Crippen molar-refractivity contribution in [2.75, 3.05) is 13.1 Å². The molecule has 1 aliphatic rings. The molecule has 1 nitrogen and oxygen atoms in total. The van der Waals surface area contributed by atoms with Crippen molar-refractivity contribution >= 4 is 15.9 Å². The molecule has 1 atom stereocenters. The second-order valence-electron chi connectivity index (χ2n) is 3.72. The molecule has 1 heterocycles. The van der Waals surface area contributed by atoms with Gasteiger partial charge in [0.05, 0.1) is 4.47 Å². The fourth-order valence-corrected chi connectivity index (χ4v) is 2.15. The smallest absolute Gasteiger partial charge is 0.137 e. The second kappa shape index (κ2) is 4.41. The molecule has 76 valence electrons. The minimum atomic E-state index is -0.159. The Kier molecular flexibility index (Phi) is 3.19. The van der Waals surface area contributed by atoms with Gasteiger partial charge in [0.25, 0.3) is 0 Å². The largest absolute Gasteiger partial charge is 0.316 e. The molecule has 0 saturated carbocycles. The lowest BCUT2D eigenvalue weighted by atomic mass is 9.92. The van der Waals surface area contributed by atoms with Gasteiger partial charge in [-0.3, -0.25) is 0 Å². The van der Waals surface area contributed by atoms with Gasteiger partial charge in [-0.05, 0) is 58.9 Å². The third kappa shape index (κ3) is 2.15. The first kappa shape index (κ1) is 10.1. The monoisotopic (exact) mass is 257 g/mol. The van der Waals surface area contributed by atoms with E-state index in [-0.39, 0.29) is 5.82 Å². The Labute approximate surface area is 91.8 Å². The average molecular weight is 258 g/mol. The van der Waals surface area contributed by atoms with Crippen LogP contribution in [0.4, 0.5) is 4.39 Å². The number of piperidine rings is 1. The molecule has 1 saturated heterocycles. The van der Waals surface area contributed by atoms with Crippen LogP contribution in [0.3, 0.4) is 0 Å². The molecule has 0 aliphatic carbocycles. The van der Waals surface area contributed by atoms with Crippen LogP contribution < -0.4 is 5.32 Å². The minimum Gasteiger partial charge on any atom is -0.316 e. The van der Waals surface area contributed by atoms with E-state index in [2.05, 4.69) is 21.2 Å². The standard InChI is InChI=1S/C11H13BrFN/c12-10-4-3-8(6-11(10)13)9-2-1-5-14-7-9/h3-4,6,9,14H,1-2,5,7H2/t9-/m1/s1. The number of hydrogen-bond acceptors (Lipinski definition) is 1. The molecule has 1 aliphatic heterocycles. The van der Waals surface area contributed by atoms with Crippen molar-refractivity contribution in [1.82, 2.24) is 5.32 Å². The fourth-order valence-electron chi connectivity index (χ4n) is 1.90. The molecule has 0 spiro atoms. The van der Waals surface area contributed by atoms with Crippen molar-refractivity contribution < 1.29 is 4.39 Å². The number of hydrogen-bond donors (Lipinski definition) is 1. The summed E-state index contributed by atoms with van der Waals surface area (Å²) in [5.74, 6) is 0.319. The molecule has 1 aromatic rings. The van der Waals surface area contributed by atoms with Crippen molar-refractivity contribution in [2.24, 2.45) is 0 Å². The zero-order valence-corrected chi connectivity index (χ0v) is 9.48. The fraction of sp³-hybridized carbons (Fsp3) is 0.455. The van der Waals surface area contributed by atoms with Gasteiger partial charge < -0.3 is 5.32 Å². The van der Waals surface area contributed by atoms with E-state index in [0.29, 0.717) is 10.4 Å². The van der Waals surface area contributed by atoms with Crippen LogP contribution in [0.2, 0.25) is 0 Å². The van der Waals surface area contributed by atoms with E-state index in [0.717, 1.165) is 25.1 Å². The molecular formula is C11H13BrFN. The van der Waals surface area contributed by atoms with Crippen LogP contribution in [0.5, 0.6) is 0 Å². The average Bonchev–Trinajstić information content (AvgIpc) is 2.23. The van der Waals surface area contributed by atoms with Crippen LogP contribution in [0, 0.1) is 5.82 Å². The van der Waals surface area contributed by atoms with Gasteiger partial charge in [0.2, 0.25) is 0 Å². The predicted molar refractivity (Wildman–Crippen MR) is 58.9 cm³/mol. The van der Waals surface area contributed by atoms with E-state index in [1.54, 1.807) is 12.1 Å². The maximum Gasteiger partial charge on any atom is 0.137 e. The topological polar surface area (TPSA) is 12.0 Å².